The second-order valence-corrected chi connectivity index (χ2v) is 7.49. The number of rotatable bonds is 5. The van der Waals surface area contributed by atoms with E-state index in [0.717, 1.165) is 0 Å². The summed E-state index contributed by atoms with van der Waals surface area (Å²) in [7, 11) is 0. The van der Waals surface area contributed by atoms with Crippen molar-refractivity contribution in [2.75, 3.05) is 4.90 Å². The van der Waals surface area contributed by atoms with Crippen molar-refractivity contribution in [1.29, 1.82) is 0 Å². The number of fused-ring (bicyclic) bond motifs is 1. The number of carbonyl (C=O) groups excluding carboxylic acids is 4. The van der Waals surface area contributed by atoms with E-state index in [1.165, 1.54) is 24.0 Å². The minimum atomic E-state index is -0.933. The van der Waals surface area contributed by atoms with E-state index in [4.69, 9.17) is 4.74 Å². The summed E-state index contributed by atoms with van der Waals surface area (Å²) in [6, 6.07) is 14.7. The topological polar surface area (TPSA) is 80.8 Å². The van der Waals surface area contributed by atoms with E-state index in [2.05, 4.69) is 0 Å². The SMILES string of the molecule is CC(OC(=O)c1ccc(N2C(=O)C3CC=CCC3C2=O)cc1)C(=O)c1ccccc1. The van der Waals surface area contributed by atoms with Crippen molar-refractivity contribution in [2.45, 2.75) is 25.9 Å². The lowest BCUT2D eigenvalue weighted by molar-refractivity contribution is -0.122. The van der Waals surface area contributed by atoms with Crippen LogP contribution in [-0.2, 0) is 14.3 Å². The summed E-state index contributed by atoms with van der Waals surface area (Å²) < 4.78 is 5.29. The molecule has 2 amide bonds. The van der Waals surface area contributed by atoms with Gasteiger partial charge in [-0.1, -0.05) is 42.5 Å². The Kier molecular flexibility index (Phi) is 5.31. The van der Waals surface area contributed by atoms with Crippen molar-refractivity contribution in [2.24, 2.45) is 11.8 Å². The van der Waals surface area contributed by atoms with E-state index < -0.39 is 12.1 Å². The van der Waals surface area contributed by atoms with Gasteiger partial charge in [0.15, 0.2) is 6.10 Å². The highest BCUT2D eigenvalue weighted by molar-refractivity contribution is 6.22. The molecule has 3 unspecified atom stereocenters. The lowest BCUT2D eigenvalue weighted by Crippen LogP contribution is -2.30. The molecule has 2 aliphatic rings. The molecule has 1 aliphatic heterocycles. The fourth-order valence-electron chi connectivity index (χ4n) is 3.92. The van der Waals surface area contributed by atoms with Gasteiger partial charge < -0.3 is 4.74 Å². The van der Waals surface area contributed by atoms with Gasteiger partial charge in [0.1, 0.15) is 0 Å². The van der Waals surface area contributed by atoms with Gasteiger partial charge in [-0.15, -0.1) is 0 Å². The number of amides is 2. The van der Waals surface area contributed by atoms with Gasteiger partial charge in [-0.3, -0.25) is 19.3 Å². The number of ether oxygens (including phenoxy) is 1. The van der Waals surface area contributed by atoms with Crippen LogP contribution in [0.5, 0.6) is 0 Å². The molecule has 6 nitrogen and oxygen atoms in total. The maximum absolute atomic E-state index is 12.7. The predicted octanol–water partition coefficient (Wildman–Crippen LogP) is 3.57. The van der Waals surface area contributed by atoms with Crippen LogP contribution >= 0.6 is 0 Å². The Morgan fingerprint density at radius 3 is 2.00 bits per heavy atom. The third-order valence-corrected chi connectivity index (χ3v) is 5.58. The number of hydrogen-bond acceptors (Lipinski definition) is 5. The standard InChI is InChI=1S/C24H21NO5/c1-15(21(26)16-7-3-2-4-8-16)30-24(29)17-11-13-18(14-12-17)25-22(27)19-9-5-6-10-20(19)23(25)28/h2-8,11-15,19-20H,9-10H2,1H3. The molecule has 0 spiro atoms. The average Bonchev–Trinajstić information content (AvgIpc) is 3.04. The van der Waals surface area contributed by atoms with Crippen molar-refractivity contribution in [3.63, 3.8) is 0 Å². The number of allylic oxidation sites excluding steroid dienone is 2. The Bertz CT molecular complexity index is 999. The molecule has 1 fully saturated rings. The Hall–Kier alpha value is -3.54. The van der Waals surface area contributed by atoms with Crippen molar-refractivity contribution < 1.29 is 23.9 Å². The molecule has 4 rings (SSSR count). The number of carbonyl (C=O) groups is 4. The molecule has 6 heteroatoms. The maximum atomic E-state index is 12.7. The van der Waals surface area contributed by atoms with Crippen LogP contribution in [0.25, 0.3) is 0 Å². The molecule has 1 saturated heterocycles. The molecule has 1 aliphatic carbocycles. The number of imide groups is 1. The summed E-state index contributed by atoms with van der Waals surface area (Å²) in [6.07, 6.45) is 4.09. The number of anilines is 1. The first-order chi connectivity index (χ1) is 14.5. The third-order valence-electron chi connectivity index (χ3n) is 5.58. The first-order valence-electron chi connectivity index (χ1n) is 9.90. The molecule has 0 bridgehead atoms. The number of Topliss-reactive ketones (excluding diaryl/α,β-unsaturated/α-hetero) is 1. The monoisotopic (exact) mass is 403 g/mol. The van der Waals surface area contributed by atoms with E-state index >= 15 is 0 Å². The molecular weight excluding hydrogens is 382 g/mol. The van der Waals surface area contributed by atoms with Crippen LogP contribution in [0.15, 0.2) is 66.7 Å². The lowest BCUT2D eigenvalue weighted by atomic mass is 9.85. The number of ketones is 1. The van der Waals surface area contributed by atoms with E-state index in [0.29, 0.717) is 24.1 Å². The maximum Gasteiger partial charge on any atom is 0.338 e. The van der Waals surface area contributed by atoms with Crippen molar-refractivity contribution in [3.05, 3.63) is 77.9 Å². The largest absolute Gasteiger partial charge is 0.451 e. The fraction of sp³-hybridized carbons (Fsp3) is 0.250. The molecule has 2 aromatic carbocycles. The zero-order valence-electron chi connectivity index (χ0n) is 16.5. The minimum Gasteiger partial charge on any atom is -0.451 e. The van der Waals surface area contributed by atoms with Crippen molar-refractivity contribution in [1.82, 2.24) is 0 Å². The van der Waals surface area contributed by atoms with Crippen LogP contribution in [-0.4, -0.2) is 29.7 Å². The first kappa shape index (κ1) is 19.8. The smallest absolute Gasteiger partial charge is 0.338 e. The molecule has 152 valence electrons. The highest BCUT2D eigenvalue weighted by atomic mass is 16.5. The number of esters is 1. The lowest BCUT2D eigenvalue weighted by Gasteiger charge is -2.16. The van der Waals surface area contributed by atoms with Crippen LogP contribution in [0.4, 0.5) is 5.69 Å². The molecule has 0 N–H and O–H groups in total. The van der Waals surface area contributed by atoms with Crippen LogP contribution < -0.4 is 4.90 Å². The minimum absolute atomic E-state index is 0.202. The zero-order chi connectivity index (χ0) is 21.3. The molecule has 0 radical (unpaired) electrons. The summed E-state index contributed by atoms with van der Waals surface area (Å²) in [6.45, 7) is 1.53. The van der Waals surface area contributed by atoms with Crippen molar-refractivity contribution >= 4 is 29.3 Å². The summed E-state index contributed by atoms with van der Waals surface area (Å²) in [5, 5.41) is 0. The van der Waals surface area contributed by atoms with Gasteiger partial charge in [-0.2, -0.15) is 0 Å². The van der Waals surface area contributed by atoms with Crippen LogP contribution in [0, 0.1) is 11.8 Å². The van der Waals surface area contributed by atoms with Crippen LogP contribution in [0.1, 0.15) is 40.5 Å². The van der Waals surface area contributed by atoms with Crippen LogP contribution in [0.3, 0.4) is 0 Å². The van der Waals surface area contributed by atoms with E-state index in [1.807, 2.05) is 12.2 Å². The summed E-state index contributed by atoms with van der Waals surface area (Å²) >= 11 is 0. The van der Waals surface area contributed by atoms with Gasteiger partial charge in [0.2, 0.25) is 17.6 Å². The Balaban J connectivity index is 1.45. The van der Waals surface area contributed by atoms with Gasteiger partial charge in [0, 0.05) is 5.56 Å². The predicted molar refractivity (Wildman–Crippen MR) is 110 cm³/mol. The van der Waals surface area contributed by atoms with Gasteiger partial charge in [0.25, 0.3) is 0 Å². The van der Waals surface area contributed by atoms with Gasteiger partial charge in [-0.25, -0.2) is 4.79 Å². The Morgan fingerprint density at radius 2 is 1.43 bits per heavy atom. The van der Waals surface area contributed by atoms with Gasteiger partial charge in [-0.05, 0) is 44.0 Å². The molecule has 1 heterocycles. The number of benzene rings is 2. The van der Waals surface area contributed by atoms with Crippen molar-refractivity contribution in [3.8, 4) is 0 Å². The normalized spacial score (nSPS) is 21.3. The number of nitrogens with zero attached hydrogens (tertiary/aromatic N) is 1. The molecular formula is C24H21NO5. The summed E-state index contributed by atoms with van der Waals surface area (Å²) in [5.74, 6) is -1.95. The summed E-state index contributed by atoms with van der Waals surface area (Å²) in [5.41, 5.74) is 1.14. The Morgan fingerprint density at radius 1 is 0.867 bits per heavy atom. The zero-order valence-corrected chi connectivity index (χ0v) is 16.5. The molecule has 30 heavy (non-hydrogen) atoms. The van der Waals surface area contributed by atoms with Gasteiger partial charge >= 0.3 is 5.97 Å². The van der Waals surface area contributed by atoms with Gasteiger partial charge in [0.05, 0.1) is 23.1 Å². The summed E-state index contributed by atoms with van der Waals surface area (Å²) in [4.78, 5) is 51.3. The second kappa shape index (κ2) is 8.06. The average molecular weight is 403 g/mol. The van der Waals surface area contributed by atoms with E-state index in [9.17, 15) is 19.2 Å². The highest BCUT2D eigenvalue weighted by Crippen LogP contribution is 2.37. The third kappa shape index (κ3) is 3.56. The second-order valence-electron chi connectivity index (χ2n) is 7.49. The van der Waals surface area contributed by atoms with E-state index in [-0.39, 0.29) is 35.0 Å². The molecule has 0 aromatic heterocycles. The fourth-order valence-corrected chi connectivity index (χ4v) is 3.92. The first-order valence-corrected chi connectivity index (χ1v) is 9.90. The highest BCUT2D eigenvalue weighted by Gasteiger charge is 2.47. The molecule has 0 saturated carbocycles. The van der Waals surface area contributed by atoms with E-state index in [1.54, 1.807) is 42.5 Å². The molecule has 2 aromatic rings. The molecule has 3 atom stereocenters. The number of hydrogen-bond donors (Lipinski definition) is 0. The Labute approximate surface area is 174 Å². The van der Waals surface area contributed by atoms with Crippen LogP contribution in [0.2, 0.25) is 0 Å². The quantitative estimate of drug-likeness (QED) is 0.330.